The molecule has 1 aromatic carbocycles. The summed E-state index contributed by atoms with van der Waals surface area (Å²) in [6, 6.07) is 7.58. The molecule has 0 spiro atoms. The van der Waals surface area contributed by atoms with Gasteiger partial charge in [0.15, 0.2) is 10.4 Å². The summed E-state index contributed by atoms with van der Waals surface area (Å²) in [5.74, 6) is -0.760. The first-order valence-electron chi connectivity index (χ1n) is 5.71. The average molecular weight is 374 g/mol. The van der Waals surface area contributed by atoms with Crippen molar-refractivity contribution in [1.82, 2.24) is 10.9 Å². The van der Waals surface area contributed by atoms with Gasteiger partial charge in [0, 0.05) is 5.02 Å². The van der Waals surface area contributed by atoms with Gasteiger partial charge in [-0.15, -0.1) is 0 Å². The summed E-state index contributed by atoms with van der Waals surface area (Å²) < 4.78 is 10.5. The summed E-state index contributed by atoms with van der Waals surface area (Å²) in [6.45, 7) is 0. The first-order chi connectivity index (χ1) is 10.0. The van der Waals surface area contributed by atoms with E-state index in [1.54, 1.807) is 12.1 Å². The fourth-order valence-corrected chi connectivity index (χ4v) is 2.00. The lowest BCUT2D eigenvalue weighted by Gasteiger charge is -2.09. The van der Waals surface area contributed by atoms with E-state index in [0.717, 1.165) is 0 Å². The van der Waals surface area contributed by atoms with Crippen molar-refractivity contribution in [3.63, 3.8) is 0 Å². The third-order valence-electron chi connectivity index (χ3n) is 2.49. The Balaban J connectivity index is 2.03. The highest BCUT2D eigenvalue weighted by Crippen LogP contribution is 2.22. The second-order valence-electron chi connectivity index (χ2n) is 3.86. The Morgan fingerprint density at radius 1 is 1.19 bits per heavy atom. The van der Waals surface area contributed by atoms with Gasteiger partial charge in [-0.25, -0.2) is 0 Å². The molecule has 110 valence electrons. The summed E-state index contributed by atoms with van der Waals surface area (Å²) in [5.41, 5.74) is 4.74. The number of halogens is 2. The molecule has 8 heteroatoms. The quantitative estimate of drug-likeness (QED) is 0.811. The predicted molar refractivity (Wildman–Crippen MR) is 79.3 cm³/mol. The number of hydrazine groups is 1. The molecule has 0 aliphatic heterocycles. The van der Waals surface area contributed by atoms with Gasteiger partial charge in [0.05, 0.1) is 12.7 Å². The van der Waals surface area contributed by atoms with Crippen molar-refractivity contribution in [3.05, 3.63) is 51.3 Å². The molecule has 6 nitrogen and oxygen atoms in total. The standard InChI is InChI=1S/C13H10BrClN2O4/c1-20-10-6-7(15)2-3-8(10)12(18)16-17-13(19)9-4-5-11(14)21-9/h2-6H,1H3,(H,16,18)(H,17,19). The highest BCUT2D eigenvalue weighted by molar-refractivity contribution is 9.10. The third-order valence-corrected chi connectivity index (χ3v) is 3.16. The zero-order chi connectivity index (χ0) is 15.4. The van der Waals surface area contributed by atoms with E-state index in [1.807, 2.05) is 0 Å². The molecule has 0 saturated carbocycles. The Morgan fingerprint density at radius 2 is 1.90 bits per heavy atom. The van der Waals surface area contributed by atoms with E-state index in [1.165, 1.54) is 25.3 Å². The zero-order valence-electron chi connectivity index (χ0n) is 10.8. The Hall–Kier alpha value is -1.99. The van der Waals surface area contributed by atoms with E-state index in [-0.39, 0.29) is 11.3 Å². The maximum atomic E-state index is 12.0. The van der Waals surface area contributed by atoms with Crippen LogP contribution in [0.25, 0.3) is 0 Å². The number of hydrogen-bond donors (Lipinski definition) is 2. The number of benzene rings is 1. The van der Waals surface area contributed by atoms with Crippen LogP contribution in [0.15, 0.2) is 39.4 Å². The van der Waals surface area contributed by atoms with Gasteiger partial charge in [-0.2, -0.15) is 0 Å². The highest BCUT2D eigenvalue weighted by Gasteiger charge is 2.15. The van der Waals surface area contributed by atoms with Gasteiger partial charge >= 0.3 is 5.91 Å². The van der Waals surface area contributed by atoms with Gasteiger partial charge in [-0.05, 0) is 46.3 Å². The molecule has 2 rings (SSSR count). The minimum atomic E-state index is -0.581. The Bertz CT molecular complexity index is 687. The van der Waals surface area contributed by atoms with Crippen LogP contribution in [0.2, 0.25) is 5.02 Å². The number of carbonyl (C=O) groups is 2. The van der Waals surface area contributed by atoms with Gasteiger partial charge < -0.3 is 9.15 Å². The number of amides is 2. The first kappa shape index (κ1) is 15.4. The van der Waals surface area contributed by atoms with Gasteiger partial charge in [0.2, 0.25) is 0 Å². The van der Waals surface area contributed by atoms with Crippen molar-refractivity contribution in [1.29, 1.82) is 0 Å². The summed E-state index contributed by atoms with van der Waals surface area (Å²) in [6.07, 6.45) is 0. The summed E-state index contributed by atoms with van der Waals surface area (Å²) >= 11 is 8.89. The molecule has 2 amide bonds. The topological polar surface area (TPSA) is 80.6 Å². The van der Waals surface area contributed by atoms with Crippen molar-refractivity contribution in [2.45, 2.75) is 0 Å². The largest absolute Gasteiger partial charge is 0.496 e. The van der Waals surface area contributed by atoms with Crippen LogP contribution >= 0.6 is 27.5 Å². The van der Waals surface area contributed by atoms with Gasteiger partial charge in [-0.3, -0.25) is 20.4 Å². The Morgan fingerprint density at radius 3 is 2.52 bits per heavy atom. The average Bonchev–Trinajstić information content (AvgIpc) is 2.90. The van der Waals surface area contributed by atoms with Crippen LogP contribution < -0.4 is 15.6 Å². The smallest absolute Gasteiger partial charge is 0.305 e. The summed E-state index contributed by atoms with van der Waals surface area (Å²) in [5, 5.41) is 0.438. The normalized spacial score (nSPS) is 10.0. The molecule has 1 aromatic heterocycles. The monoisotopic (exact) mass is 372 g/mol. The Kier molecular flexibility index (Phi) is 4.87. The maximum absolute atomic E-state index is 12.0. The van der Waals surface area contributed by atoms with Crippen molar-refractivity contribution in [3.8, 4) is 5.75 Å². The minimum absolute atomic E-state index is 0.0604. The molecule has 21 heavy (non-hydrogen) atoms. The van der Waals surface area contributed by atoms with E-state index in [4.69, 9.17) is 20.8 Å². The highest BCUT2D eigenvalue weighted by atomic mass is 79.9. The number of nitrogens with one attached hydrogen (secondary N) is 2. The van der Waals surface area contributed by atoms with E-state index < -0.39 is 11.8 Å². The van der Waals surface area contributed by atoms with Crippen molar-refractivity contribution >= 4 is 39.3 Å². The number of hydrogen-bond acceptors (Lipinski definition) is 4. The Labute approximate surface area is 133 Å². The third kappa shape index (κ3) is 3.77. The molecule has 0 saturated heterocycles. The molecular weight excluding hydrogens is 364 g/mol. The fraction of sp³-hybridized carbons (Fsp3) is 0.0769. The van der Waals surface area contributed by atoms with Gasteiger partial charge in [-0.1, -0.05) is 11.6 Å². The molecule has 0 unspecified atom stereocenters. The van der Waals surface area contributed by atoms with Gasteiger partial charge in [0.1, 0.15) is 5.75 Å². The lowest BCUT2D eigenvalue weighted by atomic mass is 10.2. The second-order valence-corrected chi connectivity index (χ2v) is 5.07. The molecule has 1 heterocycles. The van der Waals surface area contributed by atoms with Crippen LogP contribution in [0.4, 0.5) is 0 Å². The first-order valence-corrected chi connectivity index (χ1v) is 6.88. The molecule has 2 N–H and O–H groups in total. The van der Waals surface area contributed by atoms with E-state index in [0.29, 0.717) is 15.4 Å². The van der Waals surface area contributed by atoms with Crippen LogP contribution in [-0.4, -0.2) is 18.9 Å². The number of carbonyl (C=O) groups excluding carboxylic acids is 2. The molecule has 0 radical (unpaired) electrons. The lowest BCUT2D eigenvalue weighted by Crippen LogP contribution is -2.41. The lowest BCUT2D eigenvalue weighted by molar-refractivity contribution is 0.0828. The maximum Gasteiger partial charge on any atom is 0.305 e. The predicted octanol–water partition coefficient (Wildman–Crippen LogP) is 2.78. The molecule has 0 aliphatic rings. The number of methoxy groups -OCH3 is 1. The van der Waals surface area contributed by atoms with Crippen molar-refractivity contribution in [2.24, 2.45) is 0 Å². The molecule has 0 atom stereocenters. The SMILES string of the molecule is COc1cc(Cl)ccc1C(=O)NNC(=O)c1ccc(Br)o1. The van der Waals surface area contributed by atoms with Crippen LogP contribution in [0.1, 0.15) is 20.9 Å². The van der Waals surface area contributed by atoms with E-state index in [9.17, 15) is 9.59 Å². The van der Waals surface area contributed by atoms with E-state index in [2.05, 4.69) is 26.8 Å². The van der Waals surface area contributed by atoms with Crippen LogP contribution in [0, 0.1) is 0 Å². The number of furan rings is 1. The molecule has 0 fully saturated rings. The summed E-state index contributed by atoms with van der Waals surface area (Å²) in [7, 11) is 1.42. The van der Waals surface area contributed by atoms with Crippen LogP contribution in [0.5, 0.6) is 5.75 Å². The second kappa shape index (κ2) is 6.64. The number of rotatable bonds is 3. The number of ether oxygens (including phenoxy) is 1. The minimum Gasteiger partial charge on any atom is -0.496 e. The molecule has 0 bridgehead atoms. The van der Waals surface area contributed by atoms with Crippen molar-refractivity contribution < 1.29 is 18.7 Å². The van der Waals surface area contributed by atoms with E-state index >= 15 is 0 Å². The summed E-state index contributed by atoms with van der Waals surface area (Å²) in [4.78, 5) is 23.7. The molecule has 2 aromatic rings. The van der Waals surface area contributed by atoms with Gasteiger partial charge in [0.25, 0.3) is 5.91 Å². The van der Waals surface area contributed by atoms with Crippen molar-refractivity contribution in [2.75, 3.05) is 7.11 Å². The van der Waals surface area contributed by atoms with Crippen LogP contribution in [0.3, 0.4) is 0 Å². The fourth-order valence-electron chi connectivity index (χ4n) is 1.53. The van der Waals surface area contributed by atoms with Crippen LogP contribution in [-0.2, 0) is 0 Å². The molecule has 0 aliphatic carbocycles. The zero-order valence-corrected chi connectivity index (χ0v) is 13.1. The molecular formula is C13H10BrClN2O4.